The molecule has 1 amide bonds. The molecular formula is C20H26N4OS. The minimum absolute atomic E-state index is 0.00964. The van der Waals surface area contributed by atoms with Crippen molar-refractivity contribution in [2.24, 2.45) is 0 Å². The lowest BCUT2D eigenvalue weighted by Crippen LogP contribution is -2.26. The Morgan fingerprint density at radius 1 is 1.31 bits per heavy atom. The first-order chi connectivity index (χ1) is 12.3. The van der Waals surface area contributed by atoms with Crippen molar-refractivity contribution in [3.8, 4) is 0 Å². The number of nitrogens with zero attached hydrogens (tertiary/aromatic N) is 4. The monoisotopic (exact) mass is 370 g/mol. The zero-order chi connectivity index (χ0) is 19.0. The van der Waals surface area contributed by atoms with E-state index in [1.165, 1.54) is 10.4 Å². The number of thiophene rings is 1. The van der Waals surface area contributed by atoms with Crippen LogP contribution in [0.25, 0.3) is 11.0 Å². The van der Waals surface area contributed by atoms with Gasteiger partial charge in [-0.05, 0) is 49.8 Å². The molecule has 0 aliphatic rings. The normalized spacial score (nSPS) is 11.7. The summed E-state index contributed by atoms with van der Waals surface area (Å²) >= 11 is 1.69. The van der Waals surface area contributed by atoms with Crippen molar-refractivity contribution in [3.05, 3.63) is 45.4 Å². The van der Waals surface area contributed by atoms with Crippen LogP contribution in [0.15, 0.2) is 23.7 Å². The number of rotatable bonds is 5. The number of amides is 1. The minimum Gasteiger partial charge on any atom is -0.337 e. The SMILES string of the molecule is Cc1ccsc1CN(C)C(=O)c1cc(C(C)C)nc2c1cnn2C(C)C. The molecule has 3 aromatic heterocycles. The van der Waals surface area contributed by atoms with Gasteiger partial charge in [-0.25, -0.2) is 9.67 Å². The number of carbonyl (C=O) groups is 1. The molecule has 0 radical (unpaired) electrons. The number of hydrogen-bond acceptors (Lipinski definition) is 4. The molecule has 0 atom stereocenters. The van der Waals surface area contributed by atoms with Gasteiger partial charge in [-0.3, -0.25) is 4.79 Å². The van der Waals surface area contributed by atoms with Crippen molar-refractivity contribution in [2.75, 3.05) is 7.05 Å². The summed E-state index contributed by atoms with van der Waals surface area (Å²) in [5.74, 6) is 0.252. The van der Waals surface area contributed by atoms with E-state index >= 15 is 0 Å². The molecule has 3 aromatic rings. The predicted molar refractivity (Wildman–Crippen MR) is 107 cm³/mol. The van der Waals surface area contributed by atoms with Crippen LogP contribution in [0.5, 0.6) is 0 Å². The lowest BCUT2D eigenvalue weighted by molar-refractivity contribution is 0.0788. The molecule has 0 spiro atoms. The van der Waals surface area contributed by atoms with Gasteiger partial charge in [-0.15, -0.1) is 11.3 Å². The summed E-state index contributed by atoms with van der Waals surface area (Å²) in [6.45, 7) is 11.0. The Balaban J connectivity index is 2.05. The first-order valence-electron chi connectivity index (χ1n) is 8.96. The van der Waals surface area contributed by atoms with Crippen molar-refractivity contribution in [1.29, 1.82) is 0 Å². The number of aromatic nitrogens is 3. The second kappa shape index (κ2) is 7.19. The summed E-state index contributed by atoms with van der Waals surface area (Å²) in [4.78, 5) is 21.0. The van der Waals surface area contributed by atoms with Crippen LogP contribution in [0.2, 0.25) is 0 Å². The summed E-state index contributed by atoms with van der Waals surface area (Å²) in [6, 6.07) is 4.21. The molecule has 26 heavy (non-hydrogen) atoms. The van der Waals surface area contributed by atoms with Gasteiger partial charge in [-0.2, -0.15) is 5.10 Å². The van der Waals surface area contributed by atoms with E-state index in [1.807, 2.05) is 17.8 Å². The molecule has 3 heterocycles. The van der Waals surface area contributed by atoms with E-state index in [-0.39, 0.29) is 17.9 Å². The molecule has 0 bridgehead atoms. The summed E-state index contributed by atoms with van der Waals surface area (Å²) in [5, 5.41) is 7.36. The minimum atomic E-state index is 0.00964. The van der Waals surface area contributed by atoms with Crippen LogP contribution >= 0.6 is 11.3 Å². The fraction of sp³-hybridized carbons (Fsp3) is 0.450. The first kappa shape index (κ1) is 18.6. The van der Waals surface area contributed by atoms with E-state index in [9.17, 15) is 4.79 Å². The maximum Gasteiger partial charge on any atom is 0.254 e. The van der Waals surface area contributed by atoms with E-state index < -0.39 is 0 Å². The molecule has 0 aliphatic heterocycles. The summed E-state index contributed by atoms with van der Waals surface area (Å²) in [5.41, 5.74) is 3.62. The van der Waals surface area contributed by atoms with Crippen LogP contribution in [0, 0.1) is 6.92 Å². The van der Waals surface area contributed by atoms with Gasteiger partial charge >= 0.3 is 0 Å². The first-order valence-corrected chi connectivity index (χ1v) is 9.84. The maximum absolute atomic E-state index is 13.2. The standard InChI is InChI=1S/C20H26N4OS/c1-12(2)17-9-15(16-10-21-24(13(3)4)19(16)22-17)20(25)23(6)11-18-14(5)7-8-26-18/h7-10,12-13H,11H2,1-6H3. The van der Waals surface area contributed by atoms with Crippen molar-refractivity contribution < 1.29 is 4.79 Å². The molecule has 6 heteroatoms. The summed E-state index contributed by atoms with van der Waals surface area (Å²) in [7, 11) is 1.86. The average molecular weight is 371 g/mol. The molecule has 0 saturated heterocycles. The van der Waals surface area contributed by atoms with E-state index in [2.05, 4.69) is 51.2 Å². The highest BCUT2D eigenvalue weighted by Gasteiger charge is 2.21. The fourth-order valence-electron chi connectivity index (χ4n) is 2.95. The van der Waals surface area contributed by atoms with Gasteiger partial charge in [0.25, 0.3) is 5.91 Å². The molecule has 0 fully saturated rings. The van der Waals surface area contributed by atoms with Crippen LogP contribution in [-0.4, -0.2) is 32.6 Å². The topological polar surface area (TPSA) is 51.0 Å². The number of carbonyl (C=O) groups excluding carboxylic acids is 1. The Morgan fingerprint density at radius 2 is 2.04 bits per heavy atom. The van der Waals surface area contributed by atoms with Gasteiger partial charge in [0.05, 0.1) is 23.7 Å². The number of aryl methyl sites for hydroxylation is 1. The van der Waals surface area contributed by atoms with Gasteiger partial charge in [0, 0.05) is 23.7 Å². The molecule has 138 valence electrons. The van der Waals surface area contributed by atoms with Gasteiger partial charge in [0.1, 0.15) is 0 Å². The third-order valence-electron chi connectivity index (χ3n) is 4.59. The van der Waals surface area contributed by atoms with E-state index in [0.717, 1.165) is 16.7 Å². The Kier molecular flexibility index (Phi) is 5.14. The van der Waals surface area contributed by atoms with Crippen LogP contribution in [-0.2, 0) is 6.54 Å². The fourth-order valence-corrected chi connectivity index (χ4v) is 3.91. The maximum atomic E-state index is 13.2. The van der Waals surface area contributed by atoms with E-state index in [4.69, 9.17) is 4.98 Å². The molecule has 0 saturated carbocycles. The van der Waals surface area contributed by atoms with Crippen LogP contribution in [0.3, 0.4) is 0 Å². The second-order valence-electron chi connectivity index (χ2n) is 7.36. The molecule has 0 N–H and O–H groups in total. The summed E-state index contributed by atoms with van der Waals surface area (Å²) in [6.07, 6.45) is 1.77. The summed E-state index contributed by atoms with van der Waals surface area (Å²) < 4.78 is 1.89. The average Bonchev–Trinajstić information content (AvgIpc) is 3.19. The highest BCUT2D eigenvalue weighted by Crippen LogP contribution is 2.26. The van der Waals surface area contributed by atoms with E-state index in [1.54, 1.807) is 22.4 Å². The van der Waals surface area contributed by atoms with Gasteiger partial charge < -0.3 is 4.90 Å². The third kappa shape index (κ3) is 3.38. The molecule has 5 nitrogen and oxygen atoms in total. The van der Waals surface area contributed by atoms with Gasteiger partial charge in [0.2, 0.25) is 0 Å². The zero-order valence-corrected chi connectivity index (χ0v) is 17.1. The Bertz CT molecular complexity index is 939. The Morgan fingerprint density at radius 3 is 2.62 bits per heavy atom. The molecule has 0 unspecified atom stereocenters. The predicted octanol–water partition coefficient (Wildman–Crippen LogP) is 4.78. The number of fused-ring (bicyclic) bond motifs is 1. The molecular weight excluding hydrogens is 344 g/mol. The van der Waals surface area contributed by atoms with E-state index in [0.29, 0.717) is 12.1 Å². The lowest BCUT2D eigenvalue weighted by atomic mass is 10.0. The van der Waals surface area contributed by atoms with Gasteiger partial charge in [0.15, 0.2) is 5.65 Å². The van der Waals surface area contributed by atoms with Crippen LogP contribution < -0.4 is 0 Å². The highest BCUT2D eigenvalue weighted by molar-refractivity contribution is 7.10. The zero-order valence-electron chi connectivity index (χ0n) is 16.3. The number of hydrogen-bond donors (Lipinski definition) is 0. The van der Waals surface area contributed by atoms with Gasteiger partial charge in [-0.1, -0.05) is 13.8 Å². The molecule has 0 aliphatic carbocycles. The van der Waals surface area contributed by atoms with Crippen molar-refractivity contribution in [1.82, 2.24) is 19.7 Å². The van der Waals surface area contributed by atoms with Crippen molar-refractivity contribution >= 4 is 28.3 Å². The Labute approximate surface area is 158 Å². The molecule has 0 aromatic carbocycles. The highest BCUT2D eigenvalue weighted by atomic mass is 32.1. The molecule has 3 rings (SSSR count). The third-order valence-corrected chi connectivity index (χ3v) is 5.60. The van der Waals surface area contributed by atoms with Crippen LogP contribution in [0.4, 0.5) is 0 Å². The largest absolute Gasteiger partial charge is 0.337 e. The lowest BCUT2D eigenvalue weighted by Gasteiger charge is -2.19. The smallest absolute Gasteiger partial charge is 0.254 e. The van der Waals surface area contributed by atoms with Crippen molar-refractivity contribution in [3.63, 3.8) is 0 Å². The Hall–Kier alpha value is -2.21. The number of pyridine rings is 1. The van der Waals surface area contributed by atoms with Crippen LogP contribution in [0.1, 0.15) is 66.1 Å². The second-order valence-corrected chi connectivity index (χ2v) is 8.36. The van der Waals surface area contributed by atoms with Crippen molar-refractivity contribution in [2.45, 2.75) is 53.1 Å². The quantitative estimate of drug-likeness (QED) is 0.649.